The lowest BCUT2D eigenvalue weighted by Gasteiger charge is -2.42. The number of nitrogens with zero attached hydrogens (tertiary/aromatic N) is 4. The largest absolute Gasteiger partial charge is 0.350 e. The molecule has 0 aliphatic carbocycles. The minimum atomic E-state index is -0.0615. The van der Waals surface area contributed by atoms with Crippen LogP contribution in [0.5, 0.6) is 0 Å². The number of hydrogen-bond acceptors (Lipinski definition) is 4. The van der Waals surface area contributed by atoms with E-state index in [0.717, 1.165) is 26.2 Å². The maximum absolute atomic E-state index is 12.2. The topological polar surface area (TPSA) is 54.6 Å². The summed E-state index contributed by atoms with van der Waals surface area (Å²) in [5.41, 5.74) is 0.770. The summed E-state index contributed by atoms with van der Waals surface area (Å²) in [5.74, 6) is 0. The zero-order valence-corrected chi connectivity index (χ0v) is 12.0. The summed E-state index contributed by atoms with van der Waals surface area (Å²) in [6, 6.07) is 5.60. The second-order valence-corrected chi connectivity index (χ2v) is 5.91. The van der Waals surface area contributed by atoms with Gasteiger partial charge < -0.3 is 5.32 Å². The minimum absolute atomic E-state index is 0.0615. The molecule has 0 bridgehead atoms. The van der Waals surface area contributed by atoms with Crippen LogP contribution < -0.4 is 11.0 Å². The molecule has 1 aliphatic rings. The number of hydrogen-bond donors (Lipinski definition) is 1. The quantitative estimate of drug-likeness (QED) is 0.868. The molecular weight excluding hydrogens is 254 g/mol. The third kappa shape index (κ3) is 2.36. The molecule has 108 valence electrons. The van der Waals surface area contributed by atoms with Crippen LogP contribution in [0.25, 0.3) is 5.65 Å². The van der Waals surface area contributed by atoms with Crippen LogP contribution in [0.2, 0.25) is 0 Å². The lowest BCUT2D eigenvalue weighted by Crippen LogP contribution is -2.58. The van der Waals surface area contributed by atoms with E-state index in [2.05, 4.69) is 29.2 Å². The summed E-state index contributed by atoms with van der Waals surface area (Å²) < 4.78 is 3.15. The summed E-state index contributed by atoms with van der Waals surface area (Å²) in [7, 11) is 0. The van der Waals surface area contributed by atoms with Gasteiger partial charge in [0.25, 0.3) is 0 Å². The van der Waals surface area contributed by atoms with Gasteiger partial charge >= 0.3 is 5.69 Å². The van der Waals surface area contributed by atoms with E-state index >= 15 is 0 Å². The summed E-state index contributed by atoms with van der Waals surface area (Å²) in [6.07, 6.45) is 1.76. The Hall–Kier alpha value is -1.66. The summed E-state index contributed by atoms with van der Waals surface area (Å²) in [6.45, 7) is 8.92. The Morgan fingerprint density at radius 3 is 2.95 bits per heavy atom. The van der Waals surface area contributed by atoms with Gasteiger partial charge in [-0.2, -0.15) is 0 Å². The number of pyridine rings is 1. The van der Waals surface area contributed by atoms with Gasteiger partial charge in [-0.25, -0.2) is 9.48 Å². The zero-order valence-electron chi connectivity index (χ0n) is 12.0. The van der Waals surface area contributed by atoms with Crippen molar-refractivity contribution in [3.8, 4) is 0 Å². The average Bonchev–Trinajstić information content (AvgIpc) is 2.74. The lowest BCUT2D eigenvalue weighted by atomic mass is 10.0. The van der Waals surface area contributed by atoms with Crippen LogP contribution in [-0.4, -0.2) is 50.8 Å². The van der Waals surface area contributed by atoms with E-state index in [4.69, 9.17) is 0 Å². The molecule has 1 aliphatic heterocycles. The third-order valence-electron chi connectivity index (χ3n) is 4.04. The average molecular weight is 275 g/mol. The first-order valence-electron chi connectivity index (χ1n) is 7.08. The van der Waals surface area contributed by atoms with Crippen molar-refractivity contribution in [2.24, 2.45) is 0 Å². The minimum Gasteiger partial charge on any atom is -0.314 e. The molecule has 0 radical (unpaired) electrons. The number of aromatic nitrogens is 3. The van der Waals surface area contributed by atoms with E-state index in [-0.39, 0.29) is 11.2 Å². The first-order valence-corrected chi connectivity index (χ1v) is 7.08. The Balaban J connectivity index is 1.77. The second kappa shape index (κ2) is 5.03. The molecule has 0 atom stereocenters. The van der Waals surface area contributed by atoms with E-state index in [1.165, 1.54) is 0 Å². The van der Waals surface area contributed by atoms with Gasteiger partial charge in [-0.15, -0.1) is 5.10 Å². The van der Waals surface area contributed by atoms with Gasteiger partial charge in [0.1, 0.15) is 0 Å². The lowest BCUT2D eigenvalue weighted by molar-refractivity contribution is 0.0852. The highest BCUT2D eigenvalue weighted by atomic mass is 16.2. The van der Waals surface area contributed by atoms with Crippen molar-refractivity contribution in [1.82, 2.24) is 24.4 Å². The molecule has 1 N–H and O–H groups in total. The molecule has 1 fully saturated rings. The van der Waals surface area contributed by atoms with E-state index in [9.17, 15) is 4.79 Å². The Labute approximate surface area is 118 Å². The van der Waals surface area contributed by atoms with E-state index in [1.54, 1.807) is 15.3 Å². The maximum Gasteiger partial charge on any atom is 0.350 e. The monoisotopic (exact) mass is 275 g/mol. The number of piperazine rings is 1. The predicted octanol–water partition coefficient (Wildman–Crippen LogP) is 0.180. The molecule has 2 aromatic heterocycles. The SMILES string of the molecule is CC1(C)CNCCN1CCn1nc2ccccn2c1=O. The molecule has 3 rings (SSSR count). The van der Waals surface area contributed by atoms with Gasteiger partial charge in [-0.3, -0.25) is 9.30 Å². The van der Waals surface area contributed by atoms with Crippen LogP contribution in [0.15, 0.2) is 29.2 Å². The van der Waals surface area contributed by atoms with Crippen LogP contribution in [0, 0.1) is 0 Å². The Morgan fingerprint density at radius 1 is 1.35 bits per heavy atom. The fourth-order valence-electron chi connectivity index (χ4n) is 2.77. The zero-order chi connectivity index (χ0) is 14.2. The van der Waals surface area contributed by atoms with Gasteiger partial charge in [0, 0.05) is 37.9 Å². The normalized spacial score (nSPS) is 19.5. The maximum atomic E-state index is 12.2. The van der Waals surface area contributed by atoms with Crippen LogP contribution in [-0.2, 0) is 6.54 Å². The van der Waals surface area contributed by atoms with Crippen molar-refractivity contribution in [3.63, 3.8) is 0 Å². The smallest absolute Gasteiger partial charge is 0.314 e. The van der Waals surface area contributed by atoms with Crippen LogP contribution >= 0.6 is 0 Å². The standard InChI is InChI=1S/C14H21N5O/c1-14(2)11-15-6-8-17(14)9-10-19-13(20)18-7-4-3-5-12(18)16-19/h3-5,7,15H,6,8-11H2,1-2H3. The fourth-order valence-corrected chi connectivity index (χ4v) is 2.77. The Morgan fingerprint density at radius 2 is 2.20 bits per heavy atom. The molecule has 0 unspecified atom stereocenters. The second-order valence-electron chi connectivity index (χ2n) is 5.91. The molecule has 2 aromatic rings. The van der Waals surface area contributed by atoms with Gasteiger partial charge in [-0.05, 0) is 26.0 Å². The fraction of sp³-hybridized carbons (Fsp3) is 0.571. The van der Waals surface area contributed by atoms with Crippen LogP contribution in [0.1, 0.15) is 13.8 Å². The van der Waals surface area contributed by atoms with Crippen molar-refractivity contribution in [2.45, 2.75) is 25.9 Å². The van der Waals surface area contributed by atoms with Crippen molar-refractivity contribution in [2.75, 3.05) is 26.2 Å². The molecule has 3 heterocycles. The van der Waals surface area contributed by atoms with Gasteiger partial charge in [0.15, 0.2) is 5.65 Å². The molecule has 0 saturated carbocycles. The Bertz CT molecular complexity index is 657. The highest BCUT2D eigenvalue weighted by Gasteiger charge is 2.29. The molecule has 20 heavy (non-hydrogen) atoms. The van der Waals surface area contributed by atoms with Gasteiger partial charge in [-0.1, -0.05) is 6.07 Å². The highest BCUT2D eigenvalue weighted by molar-refractivity contribution is 5.35. The molecule has 6 nitrogen and oxygen atoms in total. The molecule has 0 aromatic carbocycles. The van der Waals surface area contributed by atoms with Gasteiger partial charge in [0.05, 0.1) is 6.54 Å². The van der Waals surface area contributed by atoms with Crippen LogP contribution in [0.4, 0.5) is 0 Å². The summed E-state index contributed by atoms with van der Waals surface area (Å²) in [5, 5.41) is 7.78. The molecule has 0 spiro atoms. The summed E-state index contributed by atoms with van der Waals surface area (Å²) in [4.78, 5) is 14.6. The van der Waals surface area contributed by atoms with E-state index < -0.39 is 0 Å². The van der Waals surface area contributed by atoms with E-state index in [1.807, 2.05) is 18.2 Å². The Kier molecular flexibility index (Phi) is 3.35. The molecular formula is C14H21N5O. The number of nitrogens with one attached hydrogen (secondary N) is 1. The van der Waals surface area contributed by atoms with Gasteiger partial charge in [0.2, 0.25) is 0 Å². The van der Waals surface area contributed by atoms with Crippen LogP contribution in [0.3, 0.4) is 0 Å². The van der Waals surface area contributed by atoms with E-state index in [0.29, 0.717) is 12.2 Å². The molecule has 1 saturated heterocycles. The first kappa shape index (κ1) is 13.3. The first-order chi connectivity index (χ1) is 9.58. The van der Waals surface area contributed by atoms with Crippen molar-refractivity contribution < 1.29 is 0 Å². The molecule has 0 amide bonds. The number of fused-ring (bicyclic) bond motifs is 1. The van der Waals surface area contributed by atoms with Crippen molar-refractivity contribution >= 4 is 5.65 Å². The summed E-state index contributed by atoms with van der Waals surface area (Å²) >= 11 is 0. The van der Waals surface area contributed by atoms with Crippen molar-refractivity contribution in [3.05, 3.63) is 34.9 Å². The number of rotatable bonds is 3. The highest BCUT2D eigenvalue weighted by Crippen LogP contribution is 2.15. The third-order valence-corrected chi connectivity index (χ3v) is 4.04. The molecule has 6 heteroatoms. The predicted molar refractivity (Wildman–Crippen MR) is 78.0 cm³/mol. The van der Waals surface area contributed by atoms with Crippen molar-refractivity contribution in [1.29, 1.82) is 0 Å².